The van der Waals surface area contributed by atoms with Crippen molar-refractivity contribution in [3.63, 3.8) is 0 Å². The molecule has 172 valence electrons. The summed E-state index contributed by atoms with van der Waals surface area (Å²) in [6.07, 6.45) is -4.93. The van der Waals surface area contributed by atoms with Gasteiger partial charge in [-0.2, -0.15) is 13.2 Å². The number of hydrogen-bond donors (Lipinski definition) is 1. The lowest BCUT2D eigenvalue weighted by Gasteiger charge is -2.13. The van der Waals surface area contributed by atoms with Crippen LogP contribution in [0, 0.1) is 17.0 Å². The molecule has 11 heteroatoms. The molecule has 0 aromatic heterocycles. The first-order valence-corrected chi connectivity index (χ1v) is 10.9. The van der Waals surface area contributed by atoms with Crippen molar-refractivity contribution < 1.29 is 31.3 Å². The number of nitrogens with zero attached hydrogens (tertiary/aromatic N) is 1. The quantitative estimate of drug-likeness (QED) is 0.314. The molecule has 3 aromatic rings. The van der Waals surface area contributed by atoms with E-state index in [1.54, 1.807) is 0 Å². The molecule has 2 N–H and O–H groups in total. The van der Waals surface area contributed by atoms with Crippen LogP contribution in [0.4, 0.5) is 18.9 Å². The summed E-state index contributed by atoms with van der Waals surface area (Å²) in [5, 5.41) is 16.7. The number of halogens is 3. The van der Waals surface area contributed by atoms with Crippen LogP contribution in [0.15, 0.2) is 65.6 Å². The number of ketones is 1. The zero-order valence-electron chi connectivity index (χ0n) is 17.1. The number of nitro benzene ring substituents is 1. The van der Waals surface area contributed by atoms with Crippen molar-refractivity contribution in [2.75, 3.05) is 0 Å². The minimum Gasteiger partial charge on any atom is -0.294 e. The summed E-state index contributed by atoms with van der Waals surface area (Å²) >= 11 is 0. The fourth-order valence-electron chi connectivity index (χ4n) is 3.48. The van der Waals surface area contributed by atoms with Gasteiger partial charge in [0, 0.05) is 23.6 Å². The third-order valence-corrected chi connectivity index (χ3v) is 6.02. The smallest absolute Gasteiger partial charge is 0.294 e. The number of rotatable bonds is 6. The number of hydrogen-bond acceptors (Lipinski definition) is 5. The number of benzene rings is 3. The van der Waals surface area contributed by atoms with E-state index in [0.29, 0.717) is 11.1 Å². The second kappa shape index (κ2) is 8.75. The van der Waals surface area contributed by atoms with Gasteiger partial charge in [0.1, 0.15) is 0 Å². The summed E-state index contributed by atoms with van der Waals surface area (Å²) in [5.41, 5.74) is -1.60. The maximum Gasteiger partial charge on any atom is 0.417 e. The third kappa shape index (κ3) is 5.26. The van der Waals surface area contributed by atoms with Gasteiger partial charge in [0.05, 0.1) is 20.9 Å². The van der Waals surface area contributed by atoms with E-state index in [1.807, 2.05) is 0 Å². The number of nitro groups is 1. The molecule has 0 aliphatic carbocycles. The van der Waals surface area contributed by atoms with Crippen LogP contribution in [0.5, 0.6) is 0 Å². The van der Waals surface area contributed by atoms with Crippen LogP contribution in [0.1, 0.15) is 27.0 Å². The van der Waals surface area contributed by atoms with Crippen LogP contribution in [0.25, 0.3) is 11.1 Å². The van der Waals surface area contributed by atoms with Crippen LogP contribution in [-0.4, -0.2) is 19.1 Å². The molecule has 3 aromatic carbocycles. The number of sulfonamides is 1. The Morgan fingerprint density at radius 3 is 2.27 bits per heavy atom. The molecule has 0 unspecified atom stereocenters. The van der Waals surface area contributed by atoms with Gasteiger partial charge >= 0.3 is 6.18 Å². The number of primary sulfonamides is 1. The van der Waals surface area contributed by atoms with Crippen molar-refractivity contribution in [1.82, 2.24) is 0 Å². The molecule has 7 nitrogen and oxygen atoms in total. The maximum absolute atomic E-state index is 13.4. The van der Waals surface area contributed by atoms with Crippen molar-refractivity contribution in [1.29, 1.82) is 0 Å². The van der Waals surface area contributed by atoms with E-state index in [-0.39, 0.29) is 28.0 Å². The normalized spacial score (nSPS) is 11.9. The molecule has 0 aliphatic rings. The fraction of sp³-hybridized carbons (Fsp3) is 0.136. The van der Waals surface area contributed by atoms with Crippen LogP contribution < -0.4 is 5.14 Å². The summed E-state index contributed by atoms with van der Waals surface area (Å²) in [4.78, 5) is 23.4. The molecule has 33 heavy (non-hydrogen) atoms. The molecular weight excluding hydrogens is 461 g/mol. The molecule has 0 saturated carbocycles. The topological polar surface area (TPSA) is 120 Å². The minimum atomic E-state index is -4.72. The highest BCUT2D eigenvalue weighted by molar-refractivity contribution is 7.89. The Morgan fingerprint density at radius 1 is 1.03 bits per heavy atom. The van der Waals surface area contributed by atoms with Gasteiger partial charge in [-0.15, -0.1) is 0 Å². The summed E-state index contributed by atoms with van der Waals surface area (Å²) < 4.78 is 63.2. The van der Waals surface area contributed by atoms with E-state index in [4.69, 9.17) is 5.14 Å². The summed E-state index contributed by atoms with van der Waals surface area (Å²) in [6, 6.07) is 11.9. The molecular formula is C22H17F3N2O5S. The van der Waals surface area contributed by atoms with Crippen LogP contribution in [0.3, 0.4) is 0 Å². The minimum absolute atomic E-state index is 0.0666. The van der Waals surface area contributed by atoms with Gasteiger partial charge in [-0.3, -0.25) is 14.9 Å². The third-order valence-electron chi connectivity index (χ3n) is 4.95. The molecule has 0 fully saturated rings. The van der Waals surface area contributed by atoms with Gasteiger partial charge in [-0.1, -0.05) is 36.4 Å². The van der Waals surface area contributed by atoms with Crippen LogP contribution >= 0.6 is 0 Å². The van der Waals surface area contributed by atoms with E-state index >= 15 is 0 Å². The molecule has 0 amide bonds. The summed E-state index contributed by atoms with van der Waals surface area (Å²) in [5.74, 6) is -0.531. The molecule has 0 heterocycles. The average molecular weight is 478 g/mol. The standard InChI is InChI=1S/C22H17F3N2O5S/c1-13-10-14(6-9-21(13)33(26,31)32)11-20(28)15-7-8-17(19(12-15)27(29)30)16-4-2-3-5-18(16)22(23,24)25/h2-10,12H,11H2,1H3,(H2,26,31,32). The number of aryl methyl sites for hydroxylation is 1. The first-order valence-electron chi connectivity index (χ1n) is 9.39. The van der Waals surface area contributed by atoms with E-state index < -0.39 is 38.2 Å². The van der Waals surface area contributed by atoms with Gasteiger partial charge in [-0.25, -0.2) is 13.6 Å². The Balaban J connectivity index is 1.99. The van der Waals surface area contributed by atoms with Gasteiger partial charge < -0.3 is 0 Å². The lowest BCUT2D eigenvalue weighted by atomic mass is 9.94. The summed E-state index contributed by atoms with van der Waals surface area (Å²) in [7, 11) is -3.93. The highest BCUT2D eigenvalue weighted by Crippen LogP contribution is 2.40. The summed E-state index contributed by atoms with van der Waals surface area (Å²) in [6.45, 7) is 1.51. The second-order valence-electron chi connectivity index (χ2n) is 7.28. The van der Waals surface area contributed by atoms with E-state index in [9.17, 15) is 36.5 Å². The Hall–Kier alpha value is -3.57. The largest absolute Gasteiger partial charge is 0.417 e. The SMILES string of the molecule is Cc1cc(CC(=O)c2ccc(-c3ccccc3C(F)(F)F)c([N+](=O)[O-])c2)ccc1S(N)(=O)=O. The highest BCUT2D eigenvalue weighted by atomic mass is 32.2. The van der Waals surface area contributed by atoms with E-state index in [0.717, 1.165) is 24.3 Å². The Labute approximate surface area is 186 Å². The van der Waals surface area contributed by atoms with Crippen molar-refractivity contribution in [2.24, 2.45) is 5.14 Å². The first-order chi connectivity index (χ1) is 15.3. The molecule has 0 bridgehead atoms. The number of Topliss-reactive ketones (excluding diaryl/α,β-unsaturated/α-hetero) is 1. The highest BCUT2D eigenvalue weighted by Gasteiger charge is 2.35. The number of alkyl halides is 3. The molecule has 3 rings (SSSR count). The monoisotopic (exact) mass is 478 g/mol. The predicted octanol–water partition coefficient (Wildman–Crippen LogP) is 4.66. The maximum atomic E-state index is 13.4. The van der Waals surface area contributed by atoms with Gasteiger partial charge in [-0.05, 0) is 36.2 Å². The molecule has 0 atom stereocenters. The van der Waals surface area contributed by atoms with Crippen LogP contribution in [0.2, 0.25) is 0 Å². The number of nitrogens with two attached hydrogens (primary N) is 1. The number of carbonyl (C=O) groups excluding carboxylic acids is 1. The average Bonchev–Trinajstić information content (AvgIpc) is 2.71. The van der Waals surface area contributed by atoms with Crippen molar-refractivity contribution in [3.8, 4) is 11.1 Å². The van der Waals surface area contributed by atoms with E-state index in [1.165, 1.54) is 43.3 Å². The lowest BCUT2D eigenvalue weighted by molar-refractivity contribution is -0.384. The molecule has 0 spiro atoms. The lowest BCUT2D eigenvalue weighted by Crippen LogP contribution is -2.14. The number of carbonyl (C=O) groups is 1. The Bertz CT molecular complexity index is 1370. The molecule has 0 saturated heterocycles. The Morgan fingerprint density at radius 2 is 1.70 bits per heavy atom. The zero-order valence-corrected chi connectivity index (χ0v) is 17.9. The second-order valence-corrected chi connectivity index (χ2v) is 8.81. The van der Waals surface area contributed by atoms with Crippen molar-refractivity contribution in [2.45, 2.75) is 24.4 Å². The molecule has 0 radical (unpaired) electrons. The van der Waals surface area contributed by atoms with E-state index in [2.05, 4.69) is 0 Å². The van der Waals surface area contributed by atoms with Gasteiger partial charge in [0.2, 0.25) is 10.0 Å². The van der Waals surface area contributed by atoms with Crippen LogP contribution in [-0.2, 0) is 22.6 Å². The van der Waals surface area contributed by atoms with Crippen molar-refractivity contribution in [3.05, 3.63) is 93.0 Å². The van der Waals surface area contributed by atoms with Gasteiger partial charge in [0.25, 0.3) is 5.69 Å². The fourth-order valence-corrected chi connectivity index (χ4v) is 4.24. The van der Waals surface area contributed by atoms with Crippen molar-refractivity contribution >= 4 is 21.5 Å². The predicted molar refractivity (Wildman–Crippen MR) is 114 cm³/mol. The first kappa shape index (κ1) is 24.1. The Kier molecular flexibility index (Phi) is 6.39. The zero-order chi connectivity index (χ0) is 24.6. The van der Waals surface area contributed by atoms with Gasteiger partial charge in [0.15, 0.2) is 5.78 Å². The molecule has 0 aliphatic heterocycles.